The van der Waals surface area contributed by atoms with Crippen LogP contribution in [-0.4, -0.2) is 49.3 Å². The van der Waals surface area contributed by atoms with Gasteiger partial charge in [0.25, 0.3) is 5.91 Å². The first-order valence-electron chi connectivity index (χ1n) is 5.33. The van der Waals surface area contributed by atoms with Crippen LogP contribution in [0.25, 0.3) is 0 Å². The number of aliphatic hydroxyl groups excluding tert-OH is 1. The summed E-state index contributed by atoms with van der Waals surface area (Å²) in [5, 5.41) is 9.95. The van der Waals surface area contributed by atoms with Crippen molar-refractivity contribution in [2.75, 3.05) is 27.3 Å². The summed E-state index contributed by atoms with van der Waals surface area (Å²) < 4.78 is 5.62. The van der Waals surface area contributed by atoms with Crippen LogP contribution in [0.15, 0.2) is 22.7 Å². The molecule has 0 saturated heterocycles. The molecule has 0 fully saturated rings. The summed E-state index contributed by atoms with van der Waals surface area (Å²) in [4.78, 5) is 13.5. The Morgan fingerprint density at radius 2 is 2.28 bits per heavy atom. The van der Waals surface area contributed by atoms with Crippen molar-refractivity contribution in [2.24, 2.45) is 0 Å². The molecule has 1 atom stereocenters. The minimum atomic E-state index is -0.710. The Kier molecular flexibility index (Phi) is 6.08. The second-order valence-corrected chi connectivity index (χ2v) is 5.24. The van der Waals surface area contributed by atoms with Gasteiger partial charge in [0.15, 0.2) is 0 Å². The molecule has 0 saturated carbocycles. The Bertz CT molecular complexity index is 428. The van der Waals surface area contributed by atoms with Crippen LogP contribution < -0.4 is 0 Å². The van der Waals surface area contributed by atoms with E-state index in [-0.39, 0.29) is 19.1 Å². The number of carbonyl (C=O) groups is 1. The maximum absolute atomic E-state index is 12.1. The Hall–Kier alpha value is -0.620. The summed E-state index contributed by atoms with van der Waals surface area (Å²) >= 11 is 9.28. The van der Waals surface area contributed by atoms with Gasteiger partial charge in [-0.25, -0.2) is 0 Å². The van der Waals surface area contributed by atoms with Gasteiger partial charge >= 0.3 is 0 Å². The third-order valence-corrected chi connectivity index (χ3v) is 3.16. The molecule has 0 aliphatic carbocycles. The molecule has 0 aliphatic rings. The highest BCUT2D eigenvalue weighted by Crippen LogP contribution is 2.22. The van der Waals surface area contributed by atoms with Crippen molar-refractivity contribution in [3.8, 4) is 0 Å². The van der Waals surface area contributed by atoms with Crippen molar-refractivity contribution in [3.63, 3.8) is 0 Å². The zero-order valence-electron chi connectivity index (χ0n) is 10.2. The summed E-state index contributed by atoms with van der Waals surface area (Å²) in [5.74, 6) is -0.234. The van der Waals surface area contributed by atoms with Crippen LogP contribution >= 0.6 is 27.5 Å². The predicted octanol–water partition coefficient (Wildman–Crippen LogP) is 2.18. The normalized spacial score (nSPS) is 12.3. The molecule has 0 aromatic heterocycles. The van der Waals surface area contributed by atoms with Gasteiger partial charge < -0.3 is 14.7 Å². The van der Waals surface area contributed by atoms with Crippen molar-refractivity contribution >= 4 is 33.4 Å². The predicted molar refractivity (Wildman–Crippen MR) is 74.0 cm³/mol. The molecule has 0 aliphatic heterocycles. The van der Waals surface area contributed by atoms with E-state index in [1.165, 1.54) is 12.0 Å². The molecule has 100 valence electrons. The number of hydrogen-bond donors (Lipinski definition) is 1. The SMILES string of the molecule is COCC(O)CN(C)C(=O)c1ccc(Br)cc1Cl. The lowest BCUT2D eigenvalue weighted by molar-refractivity contribution is 0.0380. The van der Waals surface area contributed by atoms with E-state index in [2.05, 4.69) is 15.9 Å². The van der Waals surface area contributed by atoms with E-state index in [4.69, 9.17) is 16.3 Å². The van der Waals surface area contributed by atoms with Crippen LogP contribution in [-0.2, 0) is 4.74 Å². The molecule has 1 N–H and O–H groups in total. The summed E-state index contributed by atoms with van der Waals surface area (Å²) in [6.45, 7) is 0.380. The Balaban J connectivity index is 2.74. The van der Waals surface area contributed by atoms with Gasteiger partial charge in [0.1, 0.15) is 0 Å². The number of hydrogen-bond acceptors (Lipinski definition) is 3. The third-order valence-electron chi connectivity index (χ3n) is 2.35. The number of carbonyl (C=O) groups excluding carboxylic acids is 1. The summed E-state index contributed by atoms with van der Waals surface area (Å²) in [5.41, 5.74) is 0.409. The number of likely N-dealkylation sites (N-methyl/N-ethyl adjacent to an activating group) is 1. The largest absolute Gasteiger partial charge is 0.389 e. The molecular formula is C12H15BrClNO3. The molecule has 4 nitrogen and oxygen atoms in total. The highest BCUT2D eigenvalue weighted by atomic mass is 79.9. The zero-order chi connectivity index (χ0) is 13.7. The molecule has 1 aromatic carbocycles. The van der Waals surface area contributed by atoms with Gasteiger partial charge in [-0.1, -0.05) is 27.5 Å². The molecule has 0 radical (unpaired) electrons. The first-order chi connectivity index (χ1) is 8.45. The number of benzene rings is 1. The molecule has 1 aromatic rings. The van der Waals surface area contributed by atoms with E-state index in [9.17, 15) is 9.90 Å². The monoisotopic (exact) mass is 335 g/mol. The number of amides is 1. The Morgan fingerprint density at radius 3 is 2.83 bits per heavy atom. The lowest BCUT2D eigenvalue weighted by atomic mass is 10.2. The number of methoxy groups -OCH3 is 1. The fraction of sp³-hybridized carbons (Fsp3) is 0.417. The molecule has 0 spiro atoms. The minimum absolute atomic E-state index is 0.186. The molecular weight excluding hydrogens is 321 g/mol. The van der Waals surface area contributed by atoms with E-state index >= 15 is 0 Å². The highest BCUT2D eigenvalue weighted by molar-refractivity contribution is 9.10. The lowest BCUT2D eigenvalue weighted by Crippen LogP contribution is -2.36. The van der Waals surface area contributed by atoms with E-state index in [0.29, 0.717) is 10.6 Å². The molecule has 6 heteroatoms. The molecule has 1 rings (SSSR count). The fourth-order valence-corrected chi connectivity index (χ4v) is 2.27. The van der Waals surface area contributed by atoms with Crippen LogP contribution in [0.1, 0.15) is 10.4 Å². The van der Waals surface area contributed by atoms with Gasteiger partial charge in [-0.2, -0.15) is 0 Å². The van der Waals surface area contributed by atoms with Gasteiger partial charge in [0, 0.05) is 25.2 Å². The number of aliphatic hydroxyl groups is 1. The van der Waals surface area contributed by atoms with E-state index in [0.717, 1.165) is 4.47 Å². The summed E-state index contributed by atoms with van der Waals surface area (Å²) in [6.07, 6.45) is -0.710. The molecule has 1 amide bonds. The Morgan fingerprint density at radius 1 is 1.61 bits per heavy atom. The maximum atomic E-state index is 12.1. The van der Waals surface area contributed by atoms with Crippen molar-refractivity contribution in [1.29, 1.82) is 0 Å². The quantitative estimate of drug-likeness (QED) is 0.896. The maximum Gasteiger partial charge on any atom is 0.255 e. The minimum Gasteiger partial charge on any atom is -0.389 e. The molecule has 1 unspecified atom stereocenters. The van der Waals surface area contributed by atoms with Gasteiger partial charge in [0.05, 0.1) is 23.3 Å². The zero-order valence-corrected chi connectivity index (χ0v) is 12.5. The highest BCUT2D eigenvalue weighted by Gasteiger charge is 2.17. The average molecular weight is 337 g/mol. The third kappa shape index (κ3) is 4.24. The van der Waals surface area contributed by atoms with Crippen LogP contribution in [0.4, 0.5) is 0 Å². The van der Waals surface area contributed by atoms with Gasteiger partial charge in [-0.15, -0.1) is 0 Å². The number of rotatable bonds is 5. The van der Waals surface area contributed by atoms with Crippen molar-refractivity contribution in [3.05, 3.63) is 33.3 Å². The van der Waals surface area contributed by atoms with Crippen LogP contribution in [0.2, 0.25) is 5.02 Å². The second-order valence-electron chi connectivity index (χ2n) is 3.92. The fourth-order valence-electron chi connectivity index (χ4n) is 1.51. The molecule has 18 heavy (non-hydrogen) atoms. The molecule has 0 bridgehead atoms. The van der Waals surface area contributed by atoms with Crippen molar-refractivity contribution < 1.29 is 14.6 Å². The smallest absolute Gasteiger partial charge is 0.255 e. The lowest BCUT2D eigenvalue weighted by Gasteiger charge is -2.21. The van der Waals surface area contributed by atoms with Crippen LogP contribution in [0.3, 0.4) is 0 Å². The molecule has 0 heterocycles. The Labute approximate surface area is 120 Å². The van der Waals surface area contributed by atoms with Gasteiger partial charge in [-0.05, 0) is 18.2 Å². The van der Waals surface area contributed by atoms with Gasteiger partial charge in [-0.3, -0.25) is 4.79 Å². The number of nitrogens with zero attached hydrogens (tertiary/aromatic N) is 1. The number of halogens is 2. The van der Waals surface area contributed by atoms with Crippen LogP contribution in [0, 0.1) is 0 Å². The average Bonchev–Trinajstić information content (AvgIpc) is 2.28. The number of ether oxygens (including phenoxy) is 1. The topological polar surface area (TPSA) is 49.8 Å². The summed E-state index contributed by atoms with van der Waals surface area (Å²) in [7, 11) is 3.11. The standard InChI is InChI=1S/C12H15BrClNO3/c1-15(6-9(16)7-18-2)12(17)10-4-3-8(13)5-11(10)14/h3-5,9,16H,6-7H2,1-2H3. The first-order valence-corrected chi connectivity index (χ1v) is 6.50. The van der Waals surface area contributed by atoms with E-state index < -0.39 is 6.10 Å². The van der Waals surface area contributed by atoms with Crippen molar-refractivity contribution in [2.45, 2.75) is 6.10 Å². The summed E-state index contributed by atoms with van der Waals surface area (Å²) in [6, 6.07) is 5.06. The van der Waals surface area contributed by atoms with Crippen molar-refractivity contribution in [1.82, 2.24) is 4.90 Å². The van der Waals surface area contributed by atoms with E-state index in [1.807, 2.05) is 0 Å². The second kappa shape index (κ2) is 7.09. The first kappa shape index (κ1) is 15.4. The van der Waals surface area contributed by atoms with Crippen LogP contribution in [0.5, 0.6) is 0 Å². The van der Waals surface area contributed by atoms with E-state index in [1.54, 1.807) is 25.2 Å². The van der Waals surface area contributed by atoms with Gasteiger partial charge in [0.2, 0.25) is 0 Å².